The number of thiophene rings is 1. The maximum atomic E-state index is 13.0. The van der Waals surface area contributed by atoms with E-state index in [9.17, 15) is 9.59 Å². The summed E-state index contributed by atoms with van der Waals surface area (Å²) in [4.78, 5) is 31.5. The Morgan fingerprint density at radius 1 is 1.03 bits per heavy atom. The molecule has 0 atom stereocenters. The Labute approximate surface area is 172 Å². The van der Waals surface area contributed by atoms with Crippen LogP contribution in [-0.4, -0.2) is 15.5 Å². The predicted octanol–water partition coefficient (Wildman–Crippen LogP) is 4.68. The molecule has 0 fully saturated rings. The first-order valence-electron chi connectivity index (χ1n) is 9.35. The van der Waals surface area contributed by atoms with Gasteiger partial charge in [0.1, 0.15) is 4.83 Å². The van der Waals surface area contributed by atoms with Crippen LogP contribution < -0.4 is 10.9 Å². The van der Waals surface area contributed by atoms with Gasteiger partial charge in [-0.3, -0.25) is 14.2 Å². The molecule has 2 heterocycles. The Bertz CT molecular complexity index is 1270. The van der Waals surface area contributed by atoms with Gasteiger partial charge in [-0.1, -0.05) is 42.5 Å². The van der Waals surface area contributed by atoms with Gasteiger partial charge >= 0.3 is 0 Å². The van der Waals surface area contributed by atoms with E-state index < -0.39 is 0 Å². The third-order valence-corrected chi connectivity index (χ3v) is 6.37. The van der Waals surface area contributed by atoms with Gasteiger partial charge in [-0.2, -0.15) is 0 Å². The van der Waals surface area contributed by atoms with E-state index in [2.05, 4.69) is 10.3 Å². The summed E-state index contributed by atoms with van der Waals surface area (Å²) in [6, 6.07) is 15.6. The monoisotopic (exact) mass is 403 g/mol. The van der Waals surface area contributed by atoms with Crippen LogP contribution in [0.1, 0.15) is 31.9 Å². The smallest absolute Gasteiger partial charge is 0.266 e. The number of rotatable bonds is 4. The second-order valence-electron chi connectivity index (χ2n) is 7.10. The first-order chi connectivity index (χ1) is 14.0. The number of hydrogen-bond donors (Lipinski definition) is 1. The van der Waals surface area contributed by atoms with E-state index in [-0.39, 0.29) is 11.5 Å². The van der Waals surface area contributed by atoms with Crippen LogP contribution in [0.4, 0.5) is 5.69 Å². The van der Waals surface area contributed by atoms with Crippen molar-refractivity contribution < 1.29 is 4.79 Å². The molecule has 29 heavy (non-hydrogen) atoms. The lowest BCUT2D eigenvalue weighted by Gasteiger charge is -2.09. The molecule has 4 rings (SSSR count). The largest absolute Gasteiger partial charge is 0.321 e. The van der Waals surface area contributed by atoms with Crippen LogP contribution in [0.25, 0.3) is 10.2 Å². The fourth-order valence-corrected chi connectivity index (χ4v) is 4.37. The standard InChI is InChI=1S/C23H21N3O2S/c1-14-8-7-11-18(15(14)2)25-21(27)20-16(3)19-22(29-20)24-13-26(23(19)28)12-17-9-5-4-6-10-17/h4-11,13H,12H2,1-3H3,(H,25,27). The van der Waals surface area contributed by atoms with Gasteiger partial charge in [0.25, 0.3) is 11.5 Å². The summed E-state index contributed by atoms with van der Waals surface area (Å²) in [5, 5.41) is 3.49. The third kappa shape index (κ3) is 3.59. The maximum Gasteiger partial charge on any atom is 0.266 e. The maximum absolute atomic E-state index is 13.0. The number of carbonyl (C=O) groups is 1. The second-order valence-corrected chi connectivity index (χ2v) is 8.10. The van der Waals surface area contributed by atoms with E-state index in [1.54, 1.807) is 10.9 Å². The molecule has 0 aliphatic carbocycles. The number of carbonyl (C=O) groups excluding carboxylic acids is 1. The minimum atomic E-state index is -0.215. The average Bonchev–Trinajstić information content (AvgIpc) is 3.06. The zero-order chi connectivity index (χ0) is 20.5. The molecule has 0 saturated heterocycles. The minimum Gasteiger partial charge on any atom is -0.321 e. The molecule has 0 saturated carbocycles. The van der Waals surface area contributed by atoms with E-state index in [4.69, 9.17) is 0 Å². The number of nitrogens with zero attached hydrogens (tertiary/aromatic N) is 2. The van der Waals surface area contributed by atoms with Crippen molar-refractivity contribution in [1.82, 2.24) is 9.55 Å². The lowest BCUT2D eigenvalue weighted by Crippen LogP contribution is -2.21. The Hall–Kier alpha value is -3.25. The fraction of sp³-hybridized carbons (Fsp3) is 0.174. The number of hydrogen-bond acceptors (Lipinski definition) is 4. The van der Waals surface area contributed by atoms with Gasteiger partial charge in [-0.05, 0) is 49.1 Å². The van der Waals surface area contributed by atoms with E-state index in [1.807, 2.05) is 69.3 Å². The van der Waals surface area contributed by atoms with Crippen molar-refractivity contribution in [2.45, 2.75) is 27.3 Å². The molecule has 0 aliphatic heterocycles. The molecule has 0 bridgehead atoms. The zero-order valence-corrected chi connectivity index (χ0v) is 17.3. The number of aromatic nitrogens is 2. The van der Waals surface area contributed by atoms with Crippen LogP contribution in [0.15, 0.2) is 59.7 Å². The van der Waals surface area contributed by atoms with Crippen molar-refractivity contribution in [3.05, 3.63) is 92.3 Å². The molecule has 2 aromatic carbocycles. The molecule has 0 aliphatic rings. The molecule has 5 nitrogen and oxygen atoms in total. The summed E-state index contributed by atoms with van der Waals surface area (Å²) in [6.45, 7) is 6.25. The number of fused-ring (bicyclic) bond motifs is 1. The number of amides is 1. The number of benzene rings is 2. The zero-order valence-electron chi connectivity index (χ0n) is 16.5. The van der Waals surface area contributed by atoms with Crippen LogP contribution >= 0.6 is 11.3 Å². The van der Waals surface area contributed by atoms with Crippen molar-refractivity contribution >= 4 is 33.1 Å². The third-order valence-electron chi connectivity index (χ3n) is 5.17. The first-order valence-corrected chi connectivity index (χ1v) is 10.2. The molecule has 2 aromatic heterocycles. The lowest BCUT2D eigenvalue weighted by molar-refractivity contribution is 0.103. The fourth-order valence-electron chi connectivity index (χ4n) is 3.33. The molecule has 1 N–H and O–H groups in total. The molecular formula is C23H21N3O2S. The van der Waals surface area contributed by atoms with Crippen molar-refractivity contribution in [1.29, 1.82) is 0 Å². The van der Waals surface area contributed by atoms with Gasteiger partial charge in [0, 0.05) is 5.69 Å². The first kappa shape index (κ1) is 19.1. The van der Waals surface area contributed by atoms with Crippen LogP contribution in [0, 0.1) is 20.8 Å². The highest BCUT2D eigenvalue weighted by Crippen LogP contribution is 2.28. The summed E-state index contributed by atoms with van der Waals surface area (Å²) in [7, 11) is 0. The van der Waals surface area contributed by atoms with Gasteiger partial charge in [-0.25, -0.2) is 4.98 Å². The summed E-state index contributed by atoms with van der Waals surface area (Å²) in [6.07, 6.45) is 1.56. The van der Waals surface area contributed by atoms with Crippen molar-refractivity contribution in [2.75, 3.05) is 5.32 Å². The van der Waals surface area contributed by atoms with Crippen molar-refractivity contribution in [2.24, 2.45) is 0 Å². The van der Waals surface area contributed by atoms with Crippen molar-refractivity contribution in [3.63, 3.8) is 0 Å². The minimum absolute atomic E-state index is 0.126. The molecule has 0 unspecified atom stereocenters. The molecule has 6 heteroatoms. The topological polar surface area (TPSA) is 64.0 Å². The van der Waals surface area contributed by atoms with Gasteiger partial charge in [-0.15, -0.1) is 11.3 Å². The van der Waals surface area contributed by atoms with Gasteiger partial charge in [0.15, 0.2) is 0 Å². The summed E-state index contributed by atoms with van der Waals surface area (Å²) in [5.74, 6) is -0.215. The van der Waals surface area contributed by atoms with E-state index in [0.29, 0.717) is 27.2 Å². The van der Waals surface area contributed by atoms with Crippen LogP contribution in [0.5, 0.6) is 0 Å². The number of nitrogens with one attached hydrogen (secondary N) is 1. The Balaban J connectivity index is 1.70. The van der Waals surface area contributed by atoms with Crippen LogP contribution in [0.3, 0.4) is 0 Å². The predicted molar refractivity (Wildman–Crippen MR) is 118 cm³/mol. The SMILES string of the molecule is Cc1cccc(NC(=O)c2sc3ncn(Cc4ccccc4)c(=O)c3c2C)c1C. The number of aryl methyl sites for hydroxylation is 2. The lowest BCUT2D eigenvalue weighted by atomic mass is 10.1. The summed E-state index contributed by atoms with van der Waals surface area (Å²) in [5.41, 5.74) is 4.49. The Morgan fingerprint density at radius 3 is 2.55 bits per heavy atom. The van der Waals surface area contributed by atoms with E-state index >= 15 is 0 Å². The highest BCUT2D eigenvalue weighted by atomic mass is 32.1. The van der Waals surface area contributed by atoms with E-state index in [1.165, 1.54) is 11.3 Å². The molecule has 4 aromatic rings. The van der Waals surface area contributed by atoms with Gasteiger partial charge in [0.05, 0.1) is 23.1 Å². The quantitative estimate of drug-likeness (QED) is 0.538. The normalized spacial score (nSPS) is 11.0. The Kier molecular flexibility index (Phi) is 5.03. The highest BCUT2D eigenvalue weighted by Gasteiger charge is 2.20. The molecule has 0 radical (unpaired) electrons. The van der Waals surface area contributed by atoms with Crippen molar-refractivity contribution in [3.8, 4) is 0 Å². The number of anilines is 1. The molecule has 146 valence electrons. The second kappa shape index (κ2) is 7.64. The molecule has 1 amide bonds. The average molecular weight is 404 g/mol. The molecule has 0 spiro atoms. The highest BCUT2D eigenvalue weighted by molar-refractivity contribution is 7.20. The molecular weight excluding hydrogens is 382 g/mol. The van der Waals surface area contributed by atoms with Crippen LogP contribution in [0.2, 0.25) is 0 Å². The summed E-state index contributed by atoms with van der Waals surface area (Å²) >= 11 is 1.25. The summed E-state index contributed by atoms with van der Waals surface area (Å²) < 4.78 is 1.59. The van der Waals surface area contributed by atoms with Crippen LogP contribution in [-0.2, 0) is 6.54 Å². The van der Waals surface area contributed by atoms with E-state index in [0.717, 1.165) is 22.4 Å². The van der Waals surface area contributed by atoms with Gasteiger partial charge in [0.2, 0.25) is 0 Å². The van der Waals surface area contributed by atoms with Gasteiger partial charge < -0.3 is 5.32 Å². The Morgan fingerprint density at radius 2 is 1.79 bits per heavy atom.